The molecule has 0 bridgehead atoms. The maximum Gasteiger partial charge on any atom is 0.314 e. The van der Waals surface area contributed by atoms with E-state index in [2.05, 4.69) is 0 Å². The van der Waals surface area contributed by atoms with E-state index in [9.17, 15) is 14.5 Å². The molecule has 0 spiro atoms. The summed E-state index contributed by atoms with van der Waals surface area (Å²) < 4.78 is 18.5. The Morgan fingerprint density at radius 1 is 1.30 bits per heavy atom. The number of aryl methyl sites for hydroxylation is 1. The fourth-order valence-corrected chi connectivity index (χ4v) is 1.81. The van der Waals surface area contributed by atoms with Gasteiger partial charge in [-0.25, -0.2) is 4.39 Å². The van der Waals surface area contributed by atoms with Crippen LogP contribution in [-0.2, 0) is 6.54 Å². The monoisotopic (exact) mass is 276 g/mol. The van der Waals surface area contributed by atoms with Gasteiger partial charge < -0.3 is 10.5 Å². The Morgan fingerprint density at radius 3 is 2.65 bits per heavy atom. The third-order valence-electron chi connectivity index (χ3n) is 2.88. The molecular formula is C14H13FN2O3. The van der Waals surface area contributed by atoms with E-state index in [1.807, 2.05) is 6.92 Å². The number of nitrogens with zero attached hydrogens (tertiary/aromatic N) is 1. The number of hydrogen-bond acceptors (Lipinski definition) is 4. The van der Waals surface area contributed by atoms with Gasteiger partial charge in [0.15, 0.2) is 0 Å². The van der Waals surface area contributed by atoms with Crippen LogP contribution in [0.25, 0.3) is 0 Å². The van der Waals surface area contributed by atoms with Crippen molar-refractivity contribution in [3.8, 4) is 11.5 Å². The average molecular weight is 276 g/mol. The van der Waals surface area contributed by atoms with Crippen LogP contribution in [-0.4, -0.2) is 4.92 Å². The summed E-state index contributed by atoms with van der Waals surface area (Å²) in [6, 6.07) is 8.37. The van der Waals surface area contributed by atoms with E-state index in [4.69, 9.17) is 10.5 Å². The zero-order valence-electron chi connectivity index (χ0n) is 10.8. The van der Waals surface area contributed by atoms with Crippen LogP contribution in [0.3, 0.4) is 0 Å². The number of hydrogen-bond donors (Lipinski definition) is 1. The molecule has 0 aliphatic rings. The Morgan fingerprint density at radius 2 is 2.05 bits per heavy atom. The topological polar surface area (TPSA) is 78.4 Å². The maximum atomic E-state index is 13.0. The summed E-state index contributed by atoms with van der Waals surface area (Å²) in [5.41, 5.74) is 7.04. The molecule has 2 aromatic rings. The van der Waals surface area contributed by atoms with Crippen molar-refractivity contribution in [3.05, 3.63) is 63.5 Å². The van der Waals surface area contributed by atoms with E-state index in [1.54, 1.807) is 18.2 Å². The zero-order valence-corrected chi connectivity index (χ0v) is 10.8. The maximum absolute atomic E-state index is 13.0. The van der Waals surface area contributed by atoms with Gasteiger partial charge in [0, 0.05) is 6.54 Å². The summed E-state index contributed by atoms with van der Waals surface area (Å²) in [5.74, 6) is -0.246. The van der Waals surface area contributed by atoms with Crippen molar-refractivity contribution in [2.24, 2.45) is 5.73 Å². The van der Waals surface area contributed by atoms with Crippen LogP contribution in [0.2, 0.25) is 0 Å². The molecule has 0 saturated heterocycles. The molecular weight excluding hydrogens is 263 g/mol. The highest BCUT2D eigenvalue weighted by atomic mass is 19.1. The van der Waals surface area contributed by atoms with Gasteiger partial charge in [0.1, 0.15) is 11.6 Å². The molecule has 0 saturated carbocycles. The Hall–Kier alpha value is -2.47. The highest BCUT2D eigenvalue weighted by molar-refractivity contribution is 5.49. The number of ether oxygens (including phenoxy) is 1. The van der Waals surface area contributed by atoms with E-state index in [0.29, 0.717) is 12.3 Å². The number of rotatable bonds is 4. The van der Waals surface area contributed by atoms with Gasteiger partial charge in [-0.2, -0.15) is 0 Å². The molecule has 5 nitrogen and oxygen atoms in total. The Labute approximate surface area is 114 Å². The first-order valence-electron chi connectivity index (χ1n) is 5.92. The Balaban J connectivity index is 2.35. The first kappa shape index (κ1) is 14.0. The van der Waals surface area contributed by atoms with Crippen LogP contribution < -0.4 is 10.5 Å². The lowest BCUT2D eigenvalue weighted by atomic mass is 10.1. The molecule has 2 rings (SSSR count). The van der Waals surface area contributed by atoms with Gasteiger partial charge in [0.2, 0.25) is 5.75 Å². The number of nitro groups is 1. The van der Waals surface area contributed by atoms with Gasteiger partial charge in [-0.3, -0.25) is 10.1 Å². The van der Waals surface area contributed by atoms with Crippen molar-refractivity contribution in [1.82, 2.24) is 0 Å². The lowest BCUT2D eigenvalue weighted by molar-refractivity contribution is -0.385. The smallest absolute Gasteiger partial charge is 0.314 e. The summed E-state index contributed by atoms with van der Waals surface area (Å²) in [4.78, 5) is 10.2. The van der Waals surface area contributed by atoms with Crippen molar-refractivity contribution in [1.29, 1.82) is 0 Å². The lowest BCUT2D eigenvalue weighted by Gasteiger charge is -2.09. The van der Waals surface area contributed by atoms with Crippen molar-refractivity contribution < 1.29 is 14.1 Å². The van der Waals surface area contributed by atoms with E-state index < -0.39 is 16.4 Å². The Bertz CT molecular complexity index is 659. The fraction of sp³-hybridized carbons (Fsp3) is 0.143. The second-order valence-corrected chi connectivity index (χ2v) is 4.26. The normalized spacial score (nSPS) is 10.3. The van der Waals surface area contributed by atoms with Crippen molar-refractivity contribution in [3.63, 3.8) is 0 Å². The third kappa shape index (κ3) is 2.92. The molecule has 0 aliphatic carbocycles. The molecule has 104 valence electrons. The number of halogens is 1. The van der Waals surface area contributed by atoms with Crippen LogP contribution in [0.5, 0.6) is 11.5 Å². The SMILES string of the molecule is Cc1cc(Oc2ccc(F)cc2[N+](=O)[O-])ccc1CN. The molecule has 0 aliphatic heterocycles. The lowest BCUT2D eigenvalue weighted by Crippen LogP contribution is -1.99. The average Bonchev–Trinajstić information content (AvgIpc) is 2.41. The summed E-state index contributed by atoms with van der Waals surface area (Å²) in [6.07, 6.45) is 0. The van der Waals surface area contributed by atoms with Crippen LogP contribution in [0.1, 0.15) is 11.1 Å². The molecule has 0 unspecified atom stereocenters. The first-order chi connectivity index (χ1) is 9.51. The summed E-state index contributed by atoms with van der Waals surface area (Å²) in [5, 5.41) is 10.9. The van der Waals surface area contributed by atoms with Gasteiger partial charge >= 0.3 is 5.69 Å². The fourth-order valence-electron chi connectivity index (χ4n) is 1.81. The van der Waals surface area contributed by atoms with Crippen LogP contribution >= 0.6 is 0 Å². The van der Waals surface area contributed by atoms with E-state index in [1.165, 1.54) is 6.07 Å². The minimum atomic E-state index is -0.682. The molecule has 6 heteroatoms. The minimum absolute atomic E-state index is 0.00343. The van der Waals surface area contributed by atoms with Crippen LogP contribution in [0.4, 0.5) is 10.1 Å². The van der Waals surface area contributed by atoms with Crippen molar-refractivity contribution >= 4 is 5.69 Å². The largest absolute Gasteiger partial charge is 0.450 e. The number of benzene rings is 2. The van der Waals surface area contributed by atoms with Crippen LogP contribution in [0, 0.1) is 22.9 Å². The van der Waals surface area contributed by atoms with E-state index in [0.717, 1.165) is 23.3 Å². The van der Waals surface area contributed by atoms with Gasteiger partial charge in [-0.15, -0.1) is 0 Å². The minimum Gasteiger partial charge on any atom is -0.450 e. The molecule has 0 atom stereocenters. The number of nitrogens with two attached hydrogens (primary N) is 1. The molecule has 0 heterocycles. The Kier molecular flexibility index (Phi) is 3.95. The molecule has 2 N–H and O–H groups in total. The second kappa shape index (κ2) is 5.66. The summed E-state index contributed by atoms with van der Waals surface area (Å²) >= 11 is 0. The third-order valence-corrected chi connectivity index (χ3v) is 2.88. The van der Waals surface area contributed by atoms with Gasteiger partial charge in [-0.05, 0) is 42.3 Å². The van der Waals surface area contributed by atoms with Gasteiger partial charge in [-0.1, -0.05) is 6.07 Å². The van der Waals surface area contributed by atoms with Crippen molar-refractivity contribution in [2.45, 2.75) is 13.5 Å². The highest BCUT2D eigenvalue weighted by Gasteiger charge is 2.17. The molecule has 2 aromatic carbocycles. The van der Waals surface area contributed by atoms with Crippen molar-refractivity contribution in [2.75, 3.05) is 0 Å². The summed E-state index contributed by atoms with van der Waals surface area (Å²) in [7, 11) is 0. The second-order valence-electron chi connectivity index (χ2n) is 4.26. The van der Waals surface area contributed by atoms with Gasteiger partial charge in [0.05, 0.1) is 11.0 Å². The van der Waals surface area contributed by atoms with Crippen LogP contribution in [0.15, 0.2) is 36.4 Å². The predicted octanol–water partition coefficient (Wildman–Crippen LogP) is 3.29. The first-order valence-corrected chi connectivity index (χ1v) is 5.92. The highest BCUT2D eigenvalue weighted by Crippen LogP contribution is 2.32. The molecule has 0 fully saturated rings. The van der Waals surface area contributed by atoms with Gasteiger partial charge in [0.25, 0.3) is 0 Å². The molecule has 20 heavy (non-hydrogen) atoms. The summed E-state index contributed by atoms with van der Waals surface area (Å²) in [6.45, 7) is 2.27. The standard InChI is InChI=1S/C14H13FN2O3/c1-9-6-12(4-2-10(9)8-16)20-14-5-3-11(15)7-13(14)17(18)19/h2-7H,8,16H2,1H3. The predicted molar refractivity (Wildman–Crippen MR) is 72.2 cm³/mol. The quantitative estimate of drug-likeness (QED) is 0.686. The number of nitro benzene ring substituents is 1. The molecule has 0 amide bonds. The molecule has 0 radical (unpaired) electrons. The van der Waals surface area contributed by atoms with E-state index in [-0.39, 0.29) is 5.75 Å². The van der Waals surface area contributed by atoms with E-state index >= 15 is 0 Å². The zero-order chi connectivity index (χ0) is 14.7. The molecule has 0 aromatic heterocycles.